The van der Waals surface area contributed by atoms with Crippen LogP contribution in [0.15, 0.2) is 24.3 Å². The topological polar surface area (TPSA) is 32.3 Å². The number of benzene rings is 1. The lowest BCUT2D eigenvalue weighted by Crippen LogP contribution is -2.26. The van der Waals surface area contributed by atoms with E-state index >= 15 is 0 Å². The van der Waals surface area contributed by atoms with Crippen molar-refractivity contribution in [3.63, 3.8) is 0 Å². The van der Waals surface area contributed by atoms with Crippen molar-refractivity contribution in [2.24, 2.45) is 5.41 Å². The second-order valence-electron chi connectivity index (χ2n) is 5.05. The quantitative estimate of drug-likeness (QED) is 0.797. The highest BCUT2D eigenvalue weighted by Gasteiger charge is 2.40. The van der Waals surface area contributed by atoms with Gasteiger partial charge >= 0.3 is 0 Å². The van der Waals surface area contributed by atoms with E-state index in [1.54, 1.807) is 6.07 Å². The summed E-state index contributed by atoms with van der Waals surface area (Å²) in [7, 11) is 0. The van der Waals surface area contributed by atoms with Gasteiger partial charge in [0.25, 0.3) is 0 Å². The fraction of sp³-hybridized carbons (Fsp3) is 0.571. The molecule has 0 aromatic heterocycles. The first-order valence-corrected chi connectivity index (χ1v) is 6.17. The molecular weight excluding hydrogens is 198 g/mol. The lowest BCUT2D eigenvalue weighted by Gasteiger charge is -2.19. The molecule has 1 aliphatic carbocycles. The molecule has 1 saturated carbocycles. The average Bonchev–Trinajstić information content (AvgIpc) is 3.07. The lowest BCUT2D eigenvalue weighted by molar-refractivity contribution is 0.413. The van der Waals surface area contributed by atoms with Gasteiger partial charge in [-0.2, -0.15) is 0 Å². The maximum Gasteiger partial charge on any atom is 0.115 e. The molecule has 1 fully saturated rings. The van der Waals surface area contributed by atoms with Gasteiger partial charge < -0.3 is 10.4 Å². The normalized spacial score (nSPS) is 19.4. The number of aromatic hydroxyl groups is 1. The molecule has 1 atom stereocenters. The summed E-state index contributed by atoms with van der Waals surface area (Å²) in [6.45, 7) is 5.52. The van der Waals surface area contributed by atoms with E-state index in [1.165, 1.54) is 19.3 Å². The molecule has 1 aromatic carbocycles. The van der Waals surface area contributed by atoms with Gasteiger partial charge in [-0.25, -0.2) is 0 Å². The molecule has 0 bridgehead atoms. The van der Waals surface area contributed by atoms with Crippen LogP contribution in [-0.4, -0.2) is 11.7 Å². The maximum absolute atomic E-state index is 9.42. The zero-order valence-electron chi connectivity index (χ0n) is 10.2. The van der Waals surface area contributed by atoms with Crippen LogP contribution in [-0.2, 0) is 0 Å². The van der Waals surface area contributed by atoms with E-state index < -0.39 is 0 Å². The molecule has 1 aliphatic rings. The van der Waals surface area contributed by atoms with Gasteiger partial charge in [-0.05, 0) is 49.3 Å². The lowest BCUT2D eigenvalue weighted by atomic mass is 10.0. The van der Waals surface area contributed by atoms with Crippen LogP contribution in [0.5, 0.6) is 5.75 Å². The first-order chi connectivity index (χ1) is 7.65. The highest BCUT2D eigenvalue weighted by atomic mass is 16.3. The maximum atomic E-state index is 9.42. The molecule has 1 unspecified atom stereocenters. The highest BCUT2D eigenvalue weighted by Crippen LogP contribution is 2.48. The number of hydrogen-bond donors (Lipinski definition) is 2. The van der Waals surface area contributed by atoms with E-state index in [2.05, 4.69) is 25.2 Å². The van der Waals surface area contributed by atoms with Gasteiger partial charge in [0.05, 0.1) is 0 Å². The Morgan fingerprint density at radius 1 is 1.44 bits per heavy atom. The Morgan fingerprint density at radius 2 is 2.19 bits per heavy atom. The van der Waals surface area contributed by atoms with E-state index in [0.717, 1.165) is 12.1 Å². The minimum Gasteiger partial charge on any atom is -0.508 e. The Morgan fingerprint density at radius 3 is 2.75 bits per heavy atom. The molecule has 2 heteroatoms. The summed E-state index contributed by atoms with van der Waals surface area (Å²) in [5, 5.41) is 13.0. The first-order valence-electron chi connectivity index (χ1n) is 6.17. The van der Waals surface area contributed by atoms with Crippen LogP contribution in [0.4, 0.5) is 0 Å². The number of hydrogen-bond acceptors (Lipinski definition) is 2. The molecule has 0 saturated heterocycles. The van der Waals surface area contributed by atoms with Crippen molar-refractivity contribution in [2.75, 3.05) is 6.54 Å². The van der Waals surface area contributed by atoms with Crippen molar-refractivity contribution in [3.8, 4) is 5.75 Å². The number of phenols is 1. The minimum absolute atomic E-state index is 0.316. The van der Waals surface area contributed by atoms with Crippen molar-refractivity contribution in [1.29, 1.82) is 0 Å². The van der Waals surface area contributed by atoms with Gasteiger partial charge in [0.2, 0.25) is 0 Å². The van der Waals surface area contributed by atoms with Crippen LogP contribution >= 0.6 is 0 Å². The standard InChI is InChI=1S/C14H21NO/c1-3-14(7-8-14)10-15-11(2)12-5-4-6-13(16)9-12/h4-6,9,11,15-16H,3,7-8,10H2,1-2H3. The molecule has 0 amide bonds. The second kappa shape index (κ2) is 4.46. The smallest absolute Gasteiger partial charge is 0.115 e. The average molecular weight is 219 g/mol. The van der Waals surface area contributed by atoms with Gasteiger partial charge in [-0.15, -0.1) is 0 Å². The predicted octanol–water partition coefficient (Wildman–Crippen LogP) is 3.23. The van der Waals surface area contributed by atoms with Crippen LogP contribution in [0.3, 0.4) is 0 Å². The molecule has 0 radical (unpaired) electrons. The van der Waals surface area contributed by atoms with Gasteiger partial charge in [-0.3, -0.25) is 0 Å². The summed E-state index contributed by atoms with van der Waals surface area (Å²) < 4.78 is 0. The van der Waals surface area contributed by atoms with E-state index in [0.29, 0.717) is 17.2 Å². The summed E-state index contributed by atoms with van der Waals surface area (Å²) >= 11 is 0. The first kappa shape index (κ1) is 11.5. The zero-order valence-corrected chi connectivity index (χ0v) is 10.2. The number of rotatable bonds is 5. The number of nitrogens with one attached hydrogen (secondary N) is 1. The van der Waals surface area contributed by atoms with Crippen LogP contribution in [0.25, 0.3) is 0 Å². The molecule has 0 heterocycles. The predicted molar refractivity (Wildman–Crippen MR) is 66.5 cm³/mol. The third kappa shape index (κ3) is 2.56. The third-order valence-electron chi connectivity index (χ3n) is 3.86. The summed E-state index contributed by atoms with van der Waals surface area (Å²) in [4.78, 5) is 0. The Bertz CT molecular complexity index is 358. The van der Waals surface area contributed by atoms with Crippen LogP contribution in [0, 0.1) is 5.41 Å². The fourth-order valence-corrected chi connectivity index (χ4v) is 2.11. The summed E-state index contributed by atoms with van der Waals surface area (Å²) in [6, 6.07) is 7.82. The third-order valence-corrected chi connectivity index (χ3v) is 3.86. The Balaban J connectivity index is 1.90. The Labute approximate surface area is 97.7 Å². The fourth-order valence-electron chi connectivity index (χ4n) is 2.11. The summed E-state index contributed by atoms with van der Waals surface area (Å²) in [5.41, 5.74) is 1.73. The molecular formula is C14H21NO. The van der Waals surface area contributed by atoms with Gasteiger partial charge in [0.1, 0.15) is 5.75 Å². The molecule has 0 aliphatic heterocycles. The largest absolute Gasteiger partial charge is 0.508 e. The monoisotopic (exact) mass is 219 g/mol. The molecule has 2 rings (SSSR count). The Hall–Kier alpha value is -1.02. The van der Waals surface area contributed by atoms with Crippen LogP contribution in [0.2, 0.25) is 0 Å². The Kier molecular flexibility index (Phi) is 3.20. The van der Waals surface area contributed by atoms with Crippen molar-refractivity contribution >= 4 is 0 Å². The second-order valence-corrected chi connectivity index (χ2v) is 5.05. The number of phenolic OH excluding ortho intramolecular Hbond substituents is 1. The van der Waals surface area contributed by atoms with Crippen LogP contribution in [0.1, 0.15) is 44.7 Å². The molecule has 88 valence electrons. The van der Waals surface area contributed by atoms with Crippen molar-refractivity contribution < 1.29 is 5.11 Å². The minimum atomic E-state index is 0.316. The van der Waals surface area contributed by atoms with E-state index in [4.69, 9.17) is 0 Å². The van der Waals surface area contributed by atoms with Gasteiger partial charge in [-0.1, -0.05) is 19.1 Å². The molecule has 2 N–H and O–H groups in total. The van der Waals surface area contributed by atoms with Crippen LogP contribution < -0.4 is 5.32 Å². The van der Waals surface area contributed by atoms with Crippen molar-refractivity contribution in [3.05, 3.63) is 29.8 Å². The van der Waals surface area contributed by atoms with E-state index in [-0.39, 0.29) is 0 Å². The highest BCUT2D eigenvalue weighted by molar-refractivity contribution is 5.29. The van der Waals surface area contributed by atoms with Crippen molar-refractivity contribution in [1.82, 2.24) is 5.32 Å². The van der Waals surface area contributed by atoms with Crippen molar-refractivity contribution in [2.45, 2.75) is 39.2 Å². The molecule has 1 aromatic rings. The van der Waals surface area contributed by atoms with Gasteiger partial charge in [0.15, 0.2) is 0 Å². The molecule has 2 nitrogen and oxygen atoms in total. The van der Waals surface area contributed by atoms with E-state index in [1.807, 2.05) is 12.1 Å². The SMILES string of the molecule is CCC1(CNC(C)c2cccc(O)c2)CC1. The zero-order chi connectivity index (χ0) is 11.6. The molecule has 16 heavy (non-hydrogen) atoms. The summed E-state index contributed by atoms with van der Waals surface area (Å²) in [5.74, 6) is 0.350. The summed E-state index contributed by atoms with van der Waals surface area (Å²) in [6.07, 6.45) is 4.00. The molecule has 0 spiro atoms. The van der Waals surface area contributed by atoms with E-state index in [9.17, 15) is 5.11 Å². The van der Waals surface area contributed by atoms with Gasteiger partial charge in [0, 0.05) is 12.6 Å².